The monoisotopic (exact) mass is 323 g/mol. The number of hydrogen-bond acceptors (Lipinski definition) is 0. The van der Waals surface area contributed by atoms with E-state index in [2.05, 4.69) is 30.7 Å². The zero-order valence-electron chi connectivity index (χ0n) is 15.5. The largest absolute Gasteiger partial charge is 0.0754 e. The van der Waals surface area contributed by atoms with Gasteiger partial charge in [0.25, 0.3) is 0 Å². The van der Waals surface area contributed by atoms with E-state index in [-0.39, 0.29) is 0 Å². The molecule has 0 saturated carbocycles. The van der Waals surface area contributed by atoms with Crippen LogP contribution in [-0.4, -0.2) is 0 Å². The minimum atomic E-state index is 1.29. The summed E-state index contributed by atoms with van der Waals surface area (Å²) in [6.07, 6.45) is 28.1. The van der Waals surface area contributed by atoms with Crippen molar-refractivity contribution in [1.82, 2.24) is 0 Å². The lowest BCUT2D eigenvalue weighted by atomic mass is 9.90. The average Bonchev–Trinajstić information content (AvgIpc) is 3.07. The third-order valence-electron chi connectivity index (χ3n) is 5.90. The summed E-state index contributed by atoms with van der Waals surface area (Å²) in [5.41, 5.74) is 6.28. The van der Waals surface area contributed by atoms with Gasteiger partial charge >= 0.3 is 0 Å². The fourth-order valence-electron chi connectivity index (χ4n) is 4.41. The molecule has 0 N–H and O–H groups in total. The second-order valence-corrected chi connectivity index (χ2v) is 7.83. The Bertz CT molecular complexity index is 523. The maximum Gasteiger partial charge on any atom is 0.0131 e. The van der Waals surface area contributed by atoms with Gasteiger partial charge in [-0.15, -0.1) is 0 Å². The molecule has 3 rings (SSSR count). The van der Waals surface area contributed by atoms with E-state index >= 15 is 0 Å². The van der Waals surface area contributed by atoms with Crippen LogP contribution in [-0.2, 0) is 12.8 Å². The van der Waals surface area contributed by atoms with Crippen LogP contribution >= 0.6 is 0 Å². The van der Waals surface area contributed by atoms with Crippen molar-refractivity contribution >= 4 is 6.08 Å². The van der Waals surface area contributed by atoms with E-state index in [9.17, 15) is 0 Å². The van der Waals surface area contributed by atoms with Crippen LogP contribution in [0, 0.1) is 6.42 Å². The molecule has 0 spiro atoms. The zero-order chi connectivity index (χ0) is 16.5. The molecule has 0 aliphatic heterocycles. The van der Waals surface area contributed by atoms with Crippen LogP contribution in [0.4, 0.5) is 0 Å². The molecule has 0 heterocycles. The summed E-state index contributed by atoms with van der Waals surface area (Å²) >= 11 is 0. The number of rotatable bonds is 0. The van der Waals surface area contributed by atoms with Gasteiger partial charge in [0, 0.05) is 6.42 Å². The molecule has 0 atom stereocenters. The predicted molar refractivity (Wildman–Crippen MR) is 106 cm³/mol. The highest BCUT2D eigenvalue weighted by atomic mass is 14.2. The number of fused-ring (bicyclic) bond motifs is 3. The lowest BCUT2D eigenvalue weighted by Crippen LogP contribution is -2.00. The Hall–Kier alpha value is -1.04. The third-order valence-corrected chi connectivity index (χ3v) is 5.90. The molecule has 1 radical (unpaired) electrons. The van der Waals surface area contributed by atoms with Crippen molar-refractivity contribution in [3.63, 3.8) is 0 Å². The average molecular weight is 324 g/mol. The summed E-state index contributed by atoms with van der Waals surface area (Å²) in [5.74, 6) is 0. The maximum absolute atomic E-state index is 2.42. The third kappa shape index (κ3) is 5.23. The summed E-state index contributed by atoms with van der Waals surface area (Å²) in [6, 6.07) is 4.77. The molecular weight excluding hydrogens is 288 g/mol. The van der Waals surface area contributed by atoms with E-state index in [1.54, 1.807) is 11.1 Å². The van der Waals surface area contributed by atoms with E-state index in [1.807, 2.05) is 0 Å². The van der Waals surface area contributed by atoms with Crippen LogP contribution in [0.1, 0.15) is 106 Å². The number of allylic oxidation sites excluding steroid dienone is 1. The predicted octanol–water partition coefficient (Wildman–Crippen LogP) is 7.44. The van der Waals surface area contributed by atoms with Gasteiger partial charge in [-0.25, -0.2) is 0 Å². The topological polar surface area (TPSA) is 0 Å². The second-order valence-electron chi connectivity index (χ2n) is 7.83. The minimum absolute atomic E-state index is 1.29. The second kappa shape index (κ2) is 10.1. The smallest absolute Gasteiger partial charge is 0.0131 e. The van der Waals surface area contributed by atoms with Crippen molar-refractivity contribution < 1.29 is 0 Å². The van der Waals surface area contributed by atoms with Gasteiger partial charge in [0.15, 0.2) is 0 Å². The molecule has 2 aliphatic carbocycles. The van der Waals surface area contributed by atoms with E-state index in [0.29, 0.717) is 0 Å². The summed E-state index contributed by atoms with van der Waals surface area (Å²) in [4.78, 5) is 0. The Kier molecular flexibility index (Phi) is 7.45. The molecule has 0 unspecified atom stereocenters. The van der Waals surface area contributed by atoms with Gasteiger partial charge in [0.2, 0.25) is 0 Å². The fraction of sp³-hybridized carbons (Fsp3) is 0.625. The van der Waals surface area contributed by atoms with Gasteiger partial charge in [-0.2, -0.15) is 0 Å². The van der Waals surface area contributed by atoms with Gasteiger partial charge in [0.1, 0.15) is 0 Å². The Balaban J connectivity index is 1.63. The summed E-state index contributed by atoms with van der Waals surface area (Å²) in [6.45, 7) is 0. The van der Waals surface area contributed by atoms with Gasteiger partial charge in [-0.3, -0.25) is 0 Å². The van der Waals surface area contributed by atoms with Crippen LogP contribution in [0.15, 0.2) is 18.2 Å². The quantitative estimate of drug-likeness (QED) is 0.465. The van der Waals surface area contributed by atoms with Crippen LogP contribution in [0.25, 0.3) is 6.08 Å². The molecule has 24 heavy (non-hydrogen) atoms. The first kappa shape index (κ1) is 17.8. The lowest BCUT2D eigenvalue weighted by Gasteiger charge is -2.14. The first-order valence-electron chi connectivity index (χ1n) is 10.6. The number of hydrogen-bond donors (Lipinski definition) is 0. The molecule has 1 aromatic rings. The molecule has 0 fully saturated rings. The zero-order valence-corrected chi connectivity index (χ0v) is 15.5. The van der Waals surface area contributed by atoms with E-state index in [0.717, 1.165) is 0 Å². The fourth-order valence-corrected chi connectivity index (χ4v) is 4.41. The van der Waals surface area contributed by atoms with Crippen LogP contribution < -0.4 is 0 Å². The Morgan fingerprint density at radius 1 is 0.542 bits per heavy atom. The van der Waals surface area contributed by atoms with Gasteiger partial charge in [-0.05, 0) is 47.9 Å². The van der Waals surface area contributed by atoms with Crippen LogP contribution in [0.2, 0.25) is 0 Å². The molecule has 0 aromatic heterocycles. The molecular formula is C24H35. The van der Waals surface area contributed by atoms with E-state index < -0.39 is 0 Å². The summed E-state index contributed by atoms with van der Waals surface area (Å²) < 4.78 is 0. The highest BCUT2D eigenvalue weighted by molar-refractivity contribution is 5.69. The molecule has 0 nitrogen and oxygen atoms in total. The van der Waals surface area contributed by atoms with Gasteiger partial charge in [0.05, 0.1) is 0 Å². The van der Waals surface area contributed by atoms with Crippen molar-refractivity contribution in [3.8, 4) is 0 Å². The first-order valence-corrected chi connectivity index (χ1v) is 10.6. The molecule has 131 valence electrons. The van der Waals surface area contributed by atoms with Crippen LogP contribution in [0.3, 0.4) is 0 Å². The first-order chi connectivity index (χ1) is 11.9. The van der Waals surface area contributed by atoms with Gasteiger partial charge in [-0.1, -0.05) is 94.9 Å². The molecule has 1 aromatic carbocycles. The molecule has 0 amide bonds. The molecule has 2 aliphatic rings. The normalized spacial score (nSPS) is 21.0. The van der Waals surface area contributed by atoms with Crippen molar-refractivity contribution in [2.75, 3.05) is 0 Å². The highest BCUT2D eigenvalue weighted by Crippen LogP contribution is 2.30. The van der Waals surface area contributed by atoms with E-state index in [1.165, 1.54) is 107 Å². The lowest BCUT2D eigenvalue weighted by molar-refractivity contribution is 0.539. The number of aryl methyl sites for hydroxylation is 1. The Labute approximate surface area is 149 Å². The standard InChI is InChI=1S/C24H35/c1-2-4-6-8-10-12-15-21-19-20-22-16-14-18-24(22)23(21)17-13-11-9-7-5-3-1/h14,16,18-20H,1-13,15,17H2. The summed E-state index contributed by atoms with van der Waals surface area (Å²) in [5, 5.41) is 0. The minimum Gasteiger partial charge on any atom is -0.0754 e. The Morgan fingerprint density at radius 2 is 1.08 bits per heavy atom. The van der Waals surface area contributed by atoms with Crippen molar-refractivity contribution in [1.29, 1.82) is 0 Å². The number of benzene rings is 1. The van der Waals surface area contributed by atoms with E-state index in [4.69, 9.17) is 0 Å². The van der Waals surface area contributed by atoms with Crippen molar-refractivity contribution in [3.05, 3.63) is 46.9 Å². The Morgan fingerprint density at radius 3 is 1.71 bits per heavy atom. The van der Waals surface area contributed by atoms with Crippen molar-refractivity contribution in [2.45, 2.75) is 96.3 Å². The van der Waals surface area contributed by atoms with Crippen molar-refractivity contribution in [2.24, 2.45) is 0 Å². The van der Waals surface area contributed by atoms with Crippen LogP contribution in [0.5, 0.6) is 0 Å². The van der Waals surface area contributed by atoms with Gasteiger partial charge < -0.3 is 0 Å². The molecule has 0 heteroatoms. The maximum atomic E-state index is 2.42. The molecule has 0 saturated heterocycles. The molecule has 0 bridgehead atoms. The summed E-state index contributed by atoms with van der Waals surface area (Å²) in [7, 11) is 0. The SMILES string of the molecule is [CH]1C=Cc2c1ccc1c2CCCCCCCCCCCCCCC1. The highest BCUT2D eigenvalue weighted by Gasteiger charge is 2.14.